The molecule has 2 N–H and O–H groups in total. The second-order valence-corrected chi connectivity index (χ2v) is 4.32. The zero-order chi connectivity index (χ0) is 10.8. The molecular formula is C11H18N4. The second kappa shape index (κ2) is 4.14. The molecule has 0 spiro atoms. The summed E-state index contributed by atoms with van der Waals surface area (Å²) in [6, 6.07) is 2.70. The summed E-state index contributed by atoms with van der Waals surface area (Å²) in [5.74, 6) is 0.842. The van der Waals surface area contributed by atoms with E-state index in [-0.39, 0.29) is 0 Å². The summed E-state index contributed by atoms with van der Waals surface area (Å²) < 4.78 is 0. The number of rotatable bonds is 1. The van der Waals surface area contributed by atoms with Gasteiger partial charge < -0.3 is 10.6 Å². The molecule has 1 aromatic heterocycles. The van der Waals surface area contributed by atoms with Gasteiger partial charge in [0.1, 0.15) is 0 Å². The van der Waals surface area contributed by atoms with Gasteiger partial charge in [0.15, 0.2) is 0 Å². The molecular weight excluding hydrogens is 188 g/mol. The summed E-state index contributed by atoms with van der Waals surface area (Å²) in [5.41, 5.74) is 6.94. The van der Waals surface area contributed by atoms with Crippen molar-refractivity contribution in [2.45, 2.75) is 38.8 Å². The third kappa shape index (κ3) is 2.26. The van der Waals surface area contributed by atoms with Crippen LogP contribution in [0.15, 0.2) is 12.3 Å². The van der Waals surface area contributed by atoms with E-state index in [2.05, 4.69) is 21.8 Å². The number of piperidine rings is 1. The number of hydrogen-bond acceptors (Lipinski definition) is 4. The summed E-state index contributed by atoms with van der Waals surface area (Å²) in [6.45, 7) is 5.14. The first-order valence-electron chi connectivity index (χ1n) is 5.48. The molecule has 0 radical (unpaired) electrons. The summed E-state index contributed by atoms with van der Waals surface area (Å²) >= 11 is 0. The minimum Gasteiger partial charge on any atom is -0.338 e. The van der Waals surface area contributed by atoms with E-state index in [4.69, 9.17) is 5.73 Å². The maximum Gasteiger partial charge on any atom is 0.225 e. The van der Waals surface area contributed by atoms with Crippen LogP contribution in [-0.4, -0.2) is 28.6 Å². The highest BCUT2D eigenvalue weighted by atomic mass is 15.3. The van der Waals surface area contributed by atoms with Gasteiger partial charge in [0, 0.05) is 30.5 Å². The van der Waals surface area contributed by atoms with Crippen molar-refractivity contribution >= 4 is 5.95 Å². The van der Waals surface area contributed by atoms with E-state index < -0.39 is 0 Å². The van der Waals surface area contributed by atoms with E-state index in [0.717, 1.165) is 31.0 Å². The fourth-order valence-electron chi connectivity index (χ4n) is 2.08. The van der Waals surface area contributed by atoms with Gasteiger partial charge in [0.05, 0.1) is 0 Å². The molecule has 0 bridgehead atoms. The molecule has 1 aromatic rings. The fraction of sp³-hybridized carbons (Fsp3) is 0.636. The molecule has 4 nitrogen and oxygen atoms in total. The largest absolute Gasteiger partial charge is 0.338 e. The first kappa shape index (κ1) is 10.4. The van der Waals surface area contributed by atoms with Gasteiger partial charge in [-0.1, -0.05) is 0 Å². The minimum atomic E-state index is 0.334. The number of anilines is 1. The predicted molar refractivity (Wildman–Crippen MR) is 60.8 cm³/mol. The molecule has 2 heterocycles. The number of aryl methyl sites for hydroxylation is 1. The van der Waals surface area contributed by atoms with Crippen LogP contribution in [0.1, 0.15) is 25.5 Å². The van der Waals surface area contributed by atoms with Crippen LogP contribution in [0.2, 0.25) is 0 Å². The average molecular weight is 206 g/mol. The smallest absolute Gasteiger partial charge is 0.225 e. The van der Waals surface area contributed by atoms with Crippen LogP contribution in [0.4, 0.5) is 5.95 Å². The Bertz CT molecular complexity index is 339. The predicted octanol–water partition coefficient (Wildman–Crippen LogP) is 1.10. The van der Waals surface area contributed by atoms with Crippen LogP contribution in [0.25, 0.3) is 0 Å². The highest BCUT2D eigenvalue weighted by Crippen LogP contribution is 2.20. The van der Waals surface area contributed by atoms with E-state index in [1.165, 1.54) is 0 Å². The monoisotopic (exact) mass is 206 g/mol. The first-order valence-corrected chi connectivity index (χ1v) is 5.48. The number of aromatic nitrogens is 2. The SMILES string of the molecule is Cc1ccnc(N2CCC(N)CC2C)n1. The Labute approximate surface area is 90.5 Å². The molecule has 4 heteroatoms. The van der Waals surface area contributed by atoms with Crippen LogP contribution in [-0.2, 0) is 0 Å². The molecule has 0 saturated carbocycles. The lowest BCUT2D eigenvalue weighted by Crippen LogP contribution is -2.46. The van der Waals surface area contributed by atoms with E-state index in [0.29, 0.717) is 12.1 Å². The summed E-state index contributed by atoms with van der Waals surface area (Å²) in [5, 5.41) is 0. The van der Waals surface area contributed by atoms with Crippen LogP contribution >= 0.6 is 0 Å². The second-order valence-electron chi connectivity index (χ2n) is 4.32. The Balaban J connectivity index is 2.17. The Morgan fingerprint density at radius 2 is 2.33 bits per heavy atom. The number of nitrogens with zero attached hydrogens (tertiary/aromatic N) is 3. The topological polar surface area (TPSA) is 55.0 Å². The van der Waals surface area contributed by atoms with Gasteiger partial charge in [-0.15, -0.1) is 0 Å². The standard InChI is InChI=1S/C11H18N4/c1-8-3-5-13-11(14-8)15-6-4-10(12)7-9(15)2/h3,5,9-10H,4,6-7,12H2,1-2H3. The fourth-order valence-corrected chi connectivity index (χ4v) is 2.08. The maximum atomic E-state index is 5.93. The lowest BCUT2D eigenvalue weighted by atomic mass is 10.00. The highest BCUT2D eigenvalue weighted by Gasteiger charge is 2.24. The van der Waals surface area contributed by atoms with E-state index in [1.54, 1.807) is 0 Å². The first-order chi connectivity index (χ1) is 7.16. The maximum absolute atomic E-state index is 5.93. The molecule has 0 aliphatic carbocycles. The molecule has 15 heavy (non-hydrogen) atoms. The Morgan fingerprint density at radius 3 is 3.00 bits per heavy atom. The lowest BCUT2D eigenvalue weighted by Gasteiger charge is -2.36. The lowest BCUT2D eigenvalue weighted by molar-refractivity contribution is 0.424. The molecule has 1 saturated heterocycles. The van der Waals surface area contributed by atoms with Crippen molar-refractivity contribution in [2.24, 2.45) is 5.73 Å². The average Bonchev–Trinajstić information content (AvgIpc) is 2.17. The van der Waals surface area contributed by atoms with Gasteiger partial charge in [0.2, 0.25) is 5.95 Å². The van der Waals surface area contributed by atoms with Crippen molar-refractivity contribution in [3.8, 4) is 0 Å². The van der Waals surface area contributed by atoms with Crippen molar-refractivity contribution in [1.82, 2.24) is 9.97 Å². The van der Waals surface area contributed by atoms with Gasteiger partial charge >= 0.3 is 0 Å². The third-order valence-corrected chi connectivity index (χ3v) is 2.96. The van der Waals surface area contributed by atoms with Gasteiger partial charge in [-0.05, 0) is 32.8 Å². The van der Waals surface area contributed by atoms with Gasteiger partial charge in [-0.2, -0.15) is 0 Å². The Kier molecular flexibility index (Phi) is 2.86. The zero-order valence-electron chi connectivity index (χ0n) is 9.35. The van der Waals surface area contributed by atoms with Crippen LogP contribution in [0.5, 0.6) is 0 Å². The van der Waals surface area contributed by atoms with E-state index in [9.17, 15) is 0 Å². The van der Waals surface area contributed by atoms with Crippen molar-refractivity contribution in [2.75, 3.05) is 11.4 Å². The van der Waals surface area contributed by atoms with Crippen molar-refractivity contribution in [3.63, 3.8) is 0 Å². The van der Waals surface area contributed by atoms with Crippen molar-refractivity contribution in [1.29, 1.82) is 0 Å². The van der Waals surface area contributed by atoms with Crippen molar-refractivity contribution in [3.05, 3.63) is 18.0 Å². The zero-order valence-corrected chi connectivity index (χ0v) is 9.35. The summed E-state index contributed by atoms with van der Waals surface area (Å²) in [4.78, 5) is 11.0. The molecule has 2 atom stereocenters. The molecule has 0 aromatic carbocycles. The van der Waals surface area contributed by atoms with Crippen molar-refractivity contribution < 1.29 is 0 Å². The summed E-state index contributed by atoms with van der Waals surface area (Å²) in [6.07, 6.45) is 3.87. The minimum absolute atomic E-state index is 0.334. The summed E-state index contributed by atoms with van der Waals surface area (Å²) in [7, 11) is 0. The van der Waals surface area contributed by atoms with E-state index in [1.807, 2.05) is 19.2 Å². The molecule has 0 amide bonds. The number of nitrogens with two attached hydrogens (primary N) is 1. The Hall–Kier alpha value is -1.16. The molecule has 1 fully saturated rings. The normalized spacial score (nSPS) is 26.7. The molecule has 82 valence electrons. The molecule has 2 unspecified atom stereocenters. The van der Waals surface area contributed by atoms with Crippen LogP contribution in [0.3, 0.4) is 0 Å². The van der Waals surface area contributed by atoms with Gasteiger partial charge in [0.25, 0.3) is 0 Å². The molecule has 1 aliphatic rings. The Morgan fingerprint density at radius 1 is 1.53 bits per heavy atom. The quantitative estimate of drug-likeness (QED) is 0.747. The molecule has 2 rings (SSSR count). The van der Waals surface area contributed by atoms with Crippen LogP contribution < -0.4 is 10.6 Å². The van der Waals surface area contributed by atoms with Gasteiger partial charge in [-0.3, -0.25) is 0 Å². The van der Waals surface area contributed by atoms with Gasteiger partial charge in [-0.25, -0.2) is 9.97 Å². The third-order valence-electron chi connectivity index (χ3n) is 2.96. The number of hydrogen-bond donors (Lipinski definition) is 1. The van der Waals surface area contributed by atoms with E-state index >= 15 is 0 Å². The highest BCUT2D eigenvalue weighted by molar-refractivity contribution is 5.32. The molecule has 1 aliphatic heterocycles. The van der Waals surface area contributed by atoms with Crippen LogP contribution in [0, 0.1) is 6.92 Å².